The van der Waals surface area contributed by atoms with Crippen LogP contribution in [0.25, 0.3) is 10.8 Å². The molecule has 1 saturated heterocycles. The molecule has 3 N–H and O–H groups in total. The number of nitrogens with zero attached hydrogens (tertiary/aromatic N) is 3. The molecular formula is C24H27N5O7. The molecule has 190 valence electrons. The minimum Gasteiger partial charge on any atom is -0.481 e. The number of carbonyl (C=O) groups is 6. The van der Waals surface area contributed by atoms with E-state index in [1.54, 1.807) is 18.2 Å². The van der Waals surface area contributed by atoms with Gasteiger partial charge in [-0.3, -0.25) is 29.0 Å². The minimum absolute atomic E-state index is 0.00785. The van der Waals surface area contributed by atoms with Crippen molar-refractivity contribution in [2.75, 3.05) is 19.6 Å². The molecule has 0 spiro atoms. The Balaban J connectivity index is 1.78. The first-order valence-corrected chi connectivity index (χ1v) is 11.3. The number of carboxylic acids is 1. The normalized spacial score (nSPS) is 17.1. The van der Waals surface area contributed by atoms with Gasteiger partial charge >= 0.3 is 5.97 Å². The Morgan fingerprint density at radius 2 is 1.86 bits per heavy atom. The molecule has 36 heavy (non-hydrogen) atoms. The van der Waals surface area contributed by atoms with Crippen LogP contribution in [-0.2, 0) is 24.0 Å². The summed E-state index contributed by atoms with van der Waals surface area (Å²) in [7, 11) is 0. The molecule has 0 radical (unpaired) electrons. The Hall–Kier alpha value is -4.35. The van der Waals surface area contributed by atoms with E-state index >= 15 is 0 Å². The summed E-state index contributed by atoms with van der Waals surface area (Å²) in [6.45, 7) is 2.83. The Bertz CT molecular complexity index is 1200. The maximum absolute atomic E-state index is 13.3. The Labute approximate surface area is 206 Å². The third-order valence-corrected chi connectivity index (χ3v) is 5.90. The number of aromatic nitrogens is 1. The third-order valence-electron chi connectivity index (χ3n) is 5.90. The second kappa shape index (κ2) is 11.4. The van der Waals surface area contributed by atoms with Crippen molar-refractivity contribution in [3.05, 3.63) is 42.2 Å². The fourth-order valence-electron chi connectivity index (χ4n) is 4.03. The van der Waals surface area contributed by atoms with E-state index in [1.807, 2.05) is 12.1 Å². The Morgan fingerprint density at radius 1 is 1.14 bits per heavy atom. The number of hydrogen-bond donors (Lipinski definition) is 3. The van der Waals surface area contributed by atoms with E-state index in [0.717, 1.165) is 5.39 Å². The topological polar surface area (TPSA) is 166 Å². The van der Waals surface area contributed by atoms with Gasteiger partial charge in [-0.15, -0.1) is 0 Å². The van der Waals surface area contributed by atoms with Crippen molar-refractivity contribution in [3.63, 3.8) is 0 Å². The van der Waals surface area contributed by atoms with Gasteiger partial charge < -0.3 is 30.3 Å². The molecule has 0 aliphatic carbocycles. The van der Waals surface area contributed by atoms with Crippen LogP contribution in [0.15, 0.2) is 36.5 Å². The standard InChI is InChI=1S/C24H27N5O7/c1-14(26-23(35)21-18-6-4-3-5-16(18)7-8-25-21)24(36)29-10-9-28(15(2)31)12-19(29)22(34)27-17(13-30)11-20(32)33/h3-8,13-14,17,19H,9-12H2,1-2H3,(H,26,35)(H,27,34)(H,32,33)/t14-,17-,19-/m0/s1. The van der Waals surface area contributed by atoms with Crippen LogP contribution in [0, 0.1) is 0 Å². The van der Waals surface area contributed by atoms with E-state index in [-0.39, 0.29) is 31.2 Å². The lowest BCUT2D eigenvalue weighted by atomic mass is 10.1. The lowest BCUT2D eigenvalue weighted by Gasteiger charge is -2.41. The first-order valence-electron chi connectivity index (χ1n) is 11.3. The molecule has 3 rings (SSSR count). The molecule has 1 fully saturated rings. The van der Waals surface area contributed by atoms with Gasteiger partial charge in [0, 0.05) is 31.6 Å². The molecule has 2 heterocycles. The largest absolute Gasteiger partial charge is 0.481 e. The molecule has 12 nitrogen and oxygen atoms in total. The molecular weight excluding hydrogens is 470 g/mol. The van der Waals surface area contributed by atoms with E-state index in [2.05, 4.69) is 15.6 Å². The van der Waals surface area contributed by atoms with Crippen LogP contribution >= 0.6 is 0 Å². The van der Waals surface area contributed by atoms with Gasteiger partial charge in [-0.1, -0.05) is 24.3 Å². The number of aldehydes is 1. The van der Waals surface area contributed by atoms with E-state index < -0.39 is 48.2 Å². The number of benzene rings is 1. The Morgan fingerprint density at radius 3 is 2.53 bits per heavy atom. The number of hydrogen-bond acceptors (Lipinski definition) is 7. The lowest BCUT2D eigenvalue weighted by molar-refractivity contribution is -0.149. The predicted molar refractivity (Wildman–Crippen MR) is 127 cm³/mol. The molecule has 4 amide bonds. The Kier molecular flexibility index (Phi) is 8.30. The molecule has 0 saturated carbocycles. The SMILES string of the molecule is CC(=O)N1CCN(C(=O)[C@H](C)NC(=O)c2nccc3ccccc23)[C@H](C(=O)N[C@H](C=O)CC(=O)O)C1. The third kappa shape index (κ3) is 6.01. The van der Waals surface area contributed by atoms with E-state index in [9.17, 15) is 28.8 Å². The molecule has 3 atom stereocenters. The monoisotopic (exact) mass is 497 g/mol. The maximum atomic E-state index is 13.3. The molecule has 12 heteroatoms. The number of amides is 4. The van der Waals surface area contributed by atoms with Gasteiger partial charge in [-0.05, 0) is 18.4 Å². The highest BCUT2D eigenvalue weighted by atomic mass is 16.4. The lowest BCUT2D eigenvalue weighted by Crippen LogP contribution is -2.64. The van der Waals surface area contributed by atoms with Gasteiger partial charge in [0.05, 0.1) is 19.0 Å². The van der Waals surface area contributed by atoms with Crippen molar-refractivity contribution < 1.29 is 33.9 Å². The van der Waals surface area contributed by atoms with Gasteiger partial charge in [0.25, 0.3) is 5.91 Å². The number of rotatable bonds is 8. The molecule has 0 unspecified atom stereocenters. The van der Waals surface area contributed by atoms with Gasteiger partial charge in [0.1, 0.15) is 24.1 Å². The van der Waals surface area contributed by atoms with E-state index in [4.69, 9.17) is 5.11 Å². The summed E-state index contributed by atoms with van der Waals surface area (Å²) in [5.74, 6) is -3.51. The summed E-state index contributed by atoms with van der Waals surface area (Å²) in [5, 5.41) is 15.3. The molecule has 1 aromatic heterocycles. The van der Waals surface area contributed by atoms with E-state index in [0.29, 0.717) is 11.7 Å². The van der Waals surface area contributed by atoms with Crippen LogP contribution in [0.5, 0.6) is 0 Å². The van der Waals surface area contributed by atoms with Crippen LogP contribution in [0.4, 0.5) is 0 Å². The second-order valence-electron chi connectivity index (χ2n) is 8.44. The average molecular weight is 498 g/mol. The van der Waals surface area contributed by atoms with Crippen LogP contribution in [-0.4, -0.2) is 93.5 Å². The molecule has 0 bridgehead atoms. The fourth-order valence-corrected chi connectivity index (χ4v) is 4.03. The van der Waals surface area contributed by atoms with Crippen LogP contribution in [0.1, 0.15) is 30.8 Å². The van der Waals surface area contributed by atoms with Crippen molar-refractivity contribution in [2.24, 2.45) is 0 Å². The highest BCUT2D eigenvalue weighted by molar-refractivity contribution is 6.06. The smallest absolute Gasteiger partial charge is 0.305 e. The number of piperazine rings is 1. The van der Waals surface area contributed by atoms with Crippen molar-refractivity contribution in [1.29, 1.82) is 0 Å². The van der Waals surface area contributed by atoms with Crippen LogP contribution in [0.2, 0.25) is 0 Å². The van der Waals surface area contributed by atoms with Crippen molar-refractivity contribution in [3.8, 4) is 0 Å². The summed E-state index contributed by atoms with van der Waals surface area (Å²) < 4.78 is 0. The van der Waals surface area contributed by atoms with Gasteiger partial charge in [0.15, 0.2) is 0 Å². The maximum Gasteiger partial charge on any atom is 0.305 e. The summed E-state index contributed by atoms with van der Waals surface area (Å²) in [4.78, 5) is 80.0. The summed E-state index contributed by atoms with van der Waals surface area (Å²) >= 11 is 0. The number of aliphatic carboxylic acids is 1. The fraction of sp³-hybridized carbons (Fsp3) is 0.375. The summed E-state index contributed by atoms with van der Waals surface area (Å²) in [6, 6.07) is 5.41. The molecule has 2 aromatic rings. The number of fused-ring (bicyclic) bond motifs is 1. The molecule has 1 aromatic carbocycles. The van der Waals surface area contributed by atoms with Crippen LogP contribution in [0.3, 0.4) is 0 Å². The number of nitrogens with one attached hydrogen (secondary N) is 2. The van der Waals surface area contributed by atoms with Crippen molar-refractivity contribution >= 4 is 46.7 Å². The number of carbonyl (C=O) groups excluding carboxylic acids is 5. The first kappa shape index (κ1) is 26.3. The van der Waals surface area contributed by atoms with Gasteiger partial charge in [-0.25, -0.2) is 0 Å². The summed E-state index contributed by atoms with van der Waals surface area (Å²) in [6.07, 6.45) is 1.16. The highest BCUT2D eigenvalue weighted by Gasteiger charge is 2.39. The second-order valence-corrected chi connectivity index (χ2v) is 8.44. The van der Waals surface area contributed by atoms with Crippen molar-refractivity contribution in [1.82, 2.24) is 25.4 Å². The molecule has 1 aliphatic rings. The average Bonchev–Trinajstić information content (AvgIpc) is 2.86. The number of pyridine rings is 1. The zero-order valence-corrected chi connectivity index (χ0v) is 19.8. The first-order chi connectivity index (χ1) is 17.1. The predicted octanol–water partition coefficient (Wildman–Crippen LogP) is -0.429. The minimum atomic E-state index is -1.30. The quantitative estimate of drug-likeness (QED) is 0.413. The highest BCUT2D eigenvalue weighted by Crippen LogP contribution is 2.17. The number of carboxylic acid groups (broad SMARTS) is 1. The van der Waals surface area contributed by atoms with Gasteiger partial charge in [-0.2, -0.15) is 0 Å². The zero-order valence-electron chi connectivity index (χ0n) is 19.8. The van der Waals surface area contributed by atoms with E-state index in [1.165, 1.54) is 29.8 Å². The molecule has 1 aliphatic heterocycles. The van der Waals surface area contributed by atoms with Crippen molar-refractivity contribution in [2.45, 2.75) is 38.4 Å². The van der Waals surface area contributed by atoms with Gasteiger partial charge in [0.2, 0.25) is 17.7 Å². The van der Waals surface area contributed by atoms with Crippen LogP contribution < -0.4 is 10.6 Å². The summed E-state index contributed by atoms with van der Waals surface area (Å²) in [5.41, 5.74) is 0.144. The zero-order chi connectivity index (χ0) is 26.4.